The second-order valence-electron chi connectivity index (χ2n) is 8.20. The van der Waals surface area contributed by atoms with Crippen LogP contribution in [0.4, 0.5) is 0 Å². The van der Waals surface area contributed by atoms with Gasteiger partial charge in [0.15, 0.2) is 0 Å². The quantitative estimate of drug-likeness (QED) is 0.643. The van der Waals surface area contributed by atoms with Crippen molar-refractivity contribution >= 4 is 28.6 Å². The zero-order valence-corrected chi connectivity index (χ0v) is 16.8. The predicted octanol–water partition coefficient (Wildman–Crippen LogP) is 2.69. The average Bonchev–Trinajstić information content (AvgIpc) is 3.48. The van der Waals surface area contributed by atoms with E-state index in [1.165, 1.54) is 0 Å². The van der Waals surface area contributed by atoms with Crippen LogP contribution in [0.15, 0.2) is 34.0 Å². The van der Waals surface area contributed by atoms with Gasteiger partial charge in [0.05, 0.1) is 6.10 Å². The summed E-state index contributed by atoms with van der Waals surface area (Å²) in [6.07, 6.45) is 4.19. The summed E-state index contributed by atoms with van der Waals surface area (Å²) < 4.78 is 0. The number of aliphatic carboxylic acids is 1. The topological polar surface area (TPSA) is 93.6 Å². The maximum Gasteiger partial charge on any atom is 0.313 e. The highest BCUT2D eigenvalue weighted by Crippen LogP contribution is 2.45. The van der Waals surface area contributed by atoms with Gasteiger partial charge in [-0.2, -0.15) is 0 Å². The fourth-order valence-electron chi connectivity index (χ4n) is 4.35. The number of rotatable bonds is 6. The second kappa shape index (κ2) is 7.54. The summed E-state index contributed by atoms with van der Waals surface area (Å²) in [6.45, 7) is 1.26. The van der Waals surface area contributed by atoms with Crippen molar-refractivity contribution < 1.29 is 15.0 Å². The van der Waals surface area contributed by atoms with Gasteiger partial charge >= 0.3 is 5.97 Å². The van der Waals surface area contributed by atoms with Crippen molar-refractivity contribution in [2.24, 2.45) is 11.3 Å². The van der Waals surface area contributed by atoms with Gasteiger partial charge in [-0.05, 0) is 48.6 Å². The number of piperidine rings is 1. The van der Waals surface area contributed by atoms with Crippen molar-refractivity contribution in [1.29, 1.82) is 0 Å². The number of carbonyl (C=O) groups is 1. The van der Waals surface area contributed by atoms with Crippen LogP contribution < -0.4 is 5.56 Å². The Kier molecular flexibility index (Phi) is 5.24. The van der Waals surface area contributed by atoms with Gasteiger partial charge in [0, 0.05) is 35.6 Å². The minimum Gasteiger partial charge on any atom is -0.481 e. The van der Waals surface area contributed by atoms with E-state index < -0.39 is 17.5 Å². The number of carboxylic acid groups (broad SMARTS) is 1. The van der Waals surface area contributed by atoms with Crippen molar-refractivity contribution in [2.75, 3.05) is 19.3 Å². The molecular weight excluding hydrogens is 376 g/mol. The van der Waals surface area contributed by atoms with Crippen LogP contribution in [0.25, 0.3) is 10.9 Å². The standard InChI is InChI=1S/C21H26N2O4S/c1-28-16-5-4-14-8-15(19(25)22-17(14)9-16)11-23-7-6-18(24)21(12-23,20(26)27)10-13-2-3-13/h4-5,8-9,13,18,24H,2-3,6-7,10-12H2,1H3,(H,22,25)(H,26,27)/t18-,21-/m0/s1. The molecular formula is C21H26N2O4S. The number of aromatic nitrogens is 1. The fraction of sp³-hybridized carbons (Fsp3) is 0.524. The number of aliphatic hydroxyl groups is 1. The Morgan fingerprint density at radius 2 is 2.11 bits per heavy atom. The smallest absolute Gasteiger partial charge is 0.313 e. The van der Waals surface area contributed by atoms with Crippen molar-refractivity contribution in [3.63, 3.8) is 0 Å². The molecule has 4 rings (SSSR count). The average molecular weight is 403 g/mol. The fourth-order valence-corrected chi connectivity index (χ4v) is 4.79. The van der Waals surface area contributed by atoms with Crippen LogP contribution in [0.1, 0.15) is 31.2 Å². The molecule has 7 heteroatoms. The van der Waals surface area contributed by atoms with E-state index in [-0.39, 0.29) is 12.1 Å². The minimum atomic E-state index is -1.13. The van der Waals surface area contributed by atoms with Gasteiger partial charge in [0.1, 0.15) is 5.41 Å². The number of aliphatic hydroxyl groups excluding tert-OH is 1. The molecule has 150 valence electrons. The highest BCUT2D eigenvalue weighted by molar-refractivity contribution is 7.98. The van der Waals surface area contributed by atoms with Crippen LogP contribution in [-0.4, -0.2) is 51.5 Å². The Morgan fingerprint density at radius 3 is 2.79 bits per heavy atom. The predicted molar refractivity (Wildman–Crippen MR) is 110 cm³/mol. The Hall–Kier alpha value is -1.83. The molecule has 2 aromatic rings. The lowest BCUT2D eigenvalue weighted by atomic mass is 9.73. The highest BCUT2D eigenvalue weighted by atomic mass is 32.2. The number of carboxylic acids is 1. The maximum absolute atomic E-state index is 12.6. The van der Waals surface area contributed by atoms with Crippen LogP contribution in [-0.2, 0) is 11.3 Å². The molecule has 1 aromatic carbocycles. The van der Waals surface area contributed by atoms with Gasteiger partial charge in [-0.25, -0.2) is 0 Å². The maximum atomic E-state index is 12.6. The lowest BCUT2D eigenvalue weighted by Crippen LogP contribution is -2.56. The number of H-pyrrole nitrogens is 1. The number of likely N-dealkylation sites (tertiary alicyclic amines) is 1. The third-order valence-corrected chi connectivity index (χ3v) is 6.89. The number of nitrogens with zero attached hydrogens (tertiary/aromatic N) is 1. The lowest BCUT2D eigenvalue weighted by Gasteiger charge is -2.43. The summed E-state index contributed by atoms with van der Waals surface area (Å²) in [6, 6.07) is 7.88. The van der Waals surface area contributed by atoms with Gasteiger partial charge < -0.3 is 15.2 Å². The second-order valence-corrected chi connectivity index (χ2v) is 9.08. The molecule has 1 aromatic heterocycles. The number of pyridine rings is 1. The molecule has 3 N–H and O–H groups in total. The number of fused-ring (bicyclic) bond motifs is 1. The summed E-state index contributed by atoms with van der Waals surface area (Å²) in [7, 11) is 0. The lowest BCUT2D eigenvalue weighted by molar-refractivity contribution is -0.165. The highest BCUT2D eigenvalue weighted by Gasteiger charge is 2.51. The van der Waals surface area contributed by atoms with Gasteiger partial charge in [0.2, 0.25) is 0 Å². The minimum absolute atomic E-state index is 0.139. The normalized spacial score (nSPS) is 25.9. The van der Waals surface area contributed by atoms with Crippen molar-refractivity contribution in [3.8, 4) is 0 Å². The van der Waals surface area contributed by atoms with Crippen molar-refractivity contribution in [1.82, 2.24) is 9.88 Å². The van der Waals surface area contributed by atoms with E-state index in [9.17, 15) is 19.8 Å². The van der Waals surface area contributed by atoms with Crippen LogP contribution in [0.5, 0.6) is 0 Å². The summed E-state index contributed by atoms with van der Waals surface area (Å²) in [5.74, 6) is -0.519. The van der Waals surface area contributed by atoms with Crippen LogP contribution in [0.3, 0.4) is 0 Å². The van der Waals surface area contributed by atoms with E-state index in [4.69, 9.17) is 0 Å². The summed E-state index contributed by atoms with van der Waals surface area (Å²) in [4.78, 5) is 30.7. The third-order valence-electron chi connectivity index (χ3n) is 6.16. The molecule has 0 radical (unpaired) electrons. The molecule has 2 aliphatic rings. The Morgan fingerprint density at radius 1 is 1.32 bits per heavy atom. The van der Waals surface area contributed by atoms with Crippen molar-refractivity contribution in [3.05, 3.63) is 40.2 Å². The summed E-state index contributed by atoms with van der Waals surface area (Å²) in [5, 5.41) is 21.4. The zero-order valence-electron chi connectivity index (χ0n) is 16.0. The molecule has 2 atom stereocenters. The molecule has 1 aliphatic carbocycles. The van der Waals surface area contributed by atoms with E-state index in [0.717, 1.165) is 28.6 Å². The molecule has 0 unspecified atom stereocenters. The molecule has 2 fully saturated rings. The van der Waals surface area contributed by atoms with E-state index in [1.807, 2.05) is 35.4 Å². The van der Waals surface area contributed by atoms with Gasteiger partial charge in [-0.1, -0.05) is 18.9 Å². The first-order chi connectivity index (χ1) is 13.4. The molecule has 6 nitrogen and oxygen atoms in total. The van der Waals surface area contributed by atoms with Crippen molar-refractivity contribution in [2.45, 2.75) is 43.2 Å². The molecule has 0 amide bonds. The number of thioether (sulfide) groups is 1. The SMILES string of the molecule is CSc1ccc2cc(CN3CC[C@H](O)[C@@](CC4CC4)(C(=O)O)C3)c(=O)[nH]c2c1. The van der Waals surface area contributed by atoms with Gasteiger partial charge in [0.25, 0.3) is 5.56 Å². The summed E-state index contributed by atoms with van der Waals surface area (Å²) in [5.41, 5.74) is 0.172. The number of hydrogen-bond acceptors (Lipinski definition) is 5. The number of hydrogen-bond donors (Lipinski definition) is 3. The van der Waals surface area contributed by atoms with Gasteiger partial charge in [-0.3, -0.25) is 14.5 Å². The number of nitrogens with one attached hydrogen (secondary N) is 1. The molecule has 0 bridgehead atoms. The zero-order chi connectivity index (χ0) is 19.9. The van der Waals surface area contributed by atoms with E-state index >= 15 is 0 Å². The monoisotopic (exact) mass is 402 g/mol. The molecule has 28 heavy (non-hydrogen) atoms. The molecule has 1 aliphatic heterocycles. The largest absolute Gasteiger partial charge is 0.481 e. The molecule has 0 spiro atoms. The summed E-state index contributed by atoms with van der Waals surface area (Å²) >= 11 is 1.63. The molecule has 2 heterocycles. The number of benzene rings is 1. The first-order valence-electron chi connectivity index (χ1n) is 9.75. The molecule has 1 saturated heterocycles. The number of aromatic amines is 1. The Bertz CT molecular complexity index is 955. The first kappa shape index (κ1) is 19.5. The Labute approximate surface area is 167 Å². The van der Waals surface area contributed by atoms with Crippen LogP contribution >= 0.6 is 11.8 Å². The van der Waals surface area contributed by atoms with E-state index in [1.54, 1.807) is 11.8 Å². The third kappa shape index (κ3) is 3.71. The Balaban J connectivity index is 1.59. The first-order valence-corrected chi connectivity index (χ1v) is 11.0. The van der Waals surface area contributed by atoms with E-state index in [2.05, 4.69) is 4.98 Å². The van der Waals surface area contributed by atoms with Gasteiger partial charge in [-0.15, -0.1) is 11.8 Å². The van der Waals surface area contributed by atoms with Crippen LogP contribution in [0, 0.1) is 11.3 Å². The molecule has 1 saturated carbocycles. The van der Waals surface area contributed by atoms with E-state index in [0.29, 0.717) is 37.4 Å². The van der Waals surface area contributed by atoms with Crippen LogP contribution in [0.2, 0.25) is 0 Å².